The van der Waals surface area contributed by atoms with Gasteiger partial charge in [-0.05, 0) is 18.1 Å². The van der Waals surface area contributed by atoms with Gasteiger partial charge in [0.05, 0.1) is 12.8 Å². The average molecular weight is 265 g/mol. The highest BCUT2D eigenvalue weighted by molar-refractivity contribution is 5.74. The van der Waals surface area contributed by atoms with Crippen LogP contribution in [0.1, 0.15) is 19.6 Å². The molecule has 0 atom stereocenters. The molecule has 0 bridgehead atoms. The minimum atomic E-state index is 0.000553. The summed E-state index contributed by atoms with van der Waals surface area (Å²) in [4.78, 5) is 16.3. The van der Waals surface area contributed by atoms with E-state index >= 15 is 0 Å². The largest absolute Gasteiger partial charge is 0.467 e. The van der Waals surface area contributed by atoms with E-state index in [-0.39, 0.29) is 6.03 Å². The van der Waals surface area contributed by atoms with Gasteiger partial charge in [0.1, 0.15) is 5.76 Å². The Kier molecular flexibility index (Phi) is 4.85. The fourth-order valence-electron chi connectivity index (χ4n) is 2.34. The van der Waals surface area contributed by atoms with Gasteiger partial charge in [-0.2, -0.15) is 0 Å². The first-order valence-electron chi connectivity index (χ1n) is 6.92. The monoisotopic (exact) mass is 265 g/mol. The molecule has 0 aromatic carbocycles. The van der Waals surface area contributed by atoms with Gasteiger partial charge < -0.3 is 14.6 Å². The molecule has 1 aliphatic heterocycles. The summed E-state index contributed by atoms with van der Waals surface area (Å²) in [6.07, 6.45) is 1.62. The lowest BCUT2D eigenvalue weighted by Gasteiger charge is -2.35. The predicted molar refractivity (Wildman–Crippen MR) is 73.8 cm³/mol. The van der Waals surface area contributed by atoms with E-state index < -0.39 is 0 Å². The van der Waals surface area contributed by atoms with Crippen LogP contribution in [0, 0.1) is 5.92 Å². The van der Waals surface area contributed by atoms with Gasteiger partial charge in [0.25, 0.3) is 0 Å². The lowest BCUT2D eigenvalue weighted by molar-refractivity contribution is 0.130. The van der Waals surface area contributed by atoms with E-state index in [1.54, 1.807) is 6.26 Å². The van der Waals surface area contributed by atoms with Gasteiger partial charge in [0.15, 0.2) is 0 Å². The van der Waals surface area contributed by atoms with Gasteiger partial charge in [-0.25, -0.2) is 4.79 Å². The van der Waals surface area contributed by atoms with Gasteiger partial charge in [-0.1, -0.05) is 13.8 Å². The third-order valence-electron chi connectivity index (χ3n) is 3.28. The van der Waals surface area contributed by atoms with Gasteiger partial charge >= 0.3 is 6.03 Å². The molecule has 2 heterocycles. The van der Waals surface area contributed by atoms with Crippen LogP contribution >= 0.6 is 0 Å². The topological polar surface area (TPSA) is 48.7 Å². The number of rotatable bonds is 4. The Morgan fingerprint density at radius 3 is 2.68 bits per heavy atom. The highest BCUT2D eigenvalue weighted by atomic mass is 16.3. The van der Waals surface area contributed by atoms with Crippen molar-refractivity contribution in [1.82, 2.24) is 15.1 Å². The average Bonchev–Trinajstić information content (AvgIpc) is 2.89. The molecule has 0 spiro atoms. The number of piperazine rings is 1. The summed E-state index contributed by atoms with van der Waals surface area (Å²) in [5.41, 5.74) is 0. The number of furan rings is 1. The van der Waals surface area contributed by atoms with Crippen molar-refractivity contribution in [3.63, 3.8) is 0 Å². The number of hydrogen-bond donors (Lipinski definition) is 1. The van der Waals surface area contributed by atoms with Gasteiger partial charge in [-0.15, -0.1) is 0 Å². The third kappa shape index (κ3) is 4.28. The number of urea groups is 1. The Hall–Kier alpha value is -1.49. The number of carbonyl (C=O) groups excluding carboxylic acids is 1. The van der Waals surface area contributed by atoms with E-state index in [1.165, 1.54) is 0 Å². The molecule has 1 aliphatic rings. The Labute approximate surface area is 114 Å². The Balaban J connectivity index is 1.70. The first-order chi connectivity index (χ1) is 9.15. The van der Waals surface area contributed by atoms with Crippen molar-refractivity contribution in [2.45, 2.75) is 20.4 Å². The maximum absolute atomic E-state index is 12.0. The summed E-state index contributed by atoms with van der Waals surface area (Å²) >= 11 is 0. The number of hydrogen-bond acceptors (Lipinski definition) is 3. The van der Waals surface area contributed by atoms with Crippen molar-refractivity contribution < 1.29 is 9.21 Å². The molecule has 0 unspecified atom stereocenters. The van der Waals surface area contributed by atoms with Crippen molar-refractivity contribution in [3.8, 4) is 0 Å². The molecule has 2 rings (SSSR count). The van der Waals surface area contributed by atoms with Crippen LogP contribution in [0.15, 0.2) is 22.8 Å². The first-order valence-corrected chi connectivity index (χ1v) is 6.92. The van der Waals surface area contributed by atoms with Crippen molar-refractivity contribution in [2.75, 3.05) is 32.7 Å². The van der Waals surface area contributed by atoms with Gasteiger partial charge in [0, 0.05) is 32.7 Å². The van der Waals surface area contributed by atoms with Crippen molar-refractivity contribution in [3.05, 3.63) is 24.2 Å². The van der Waals surface area contributed by atoms with Gasteiger partial charge in [-0.3, -0.25) is 4.90 Å². The van der Waals surface area contributed by atoms with Crippen molar-refractivity contribution in [1.29, 1.82) is 0 Å². The fourth-order valence-corrected chi connectivity index (χ4v) is 2.34. The second-order valence-corrected chi connectivity index (χ2v) is 5.42. The Morgan fingerprint density at radius 1 is 1.37 bits per heavy atom. The minimum Gasteiger partial charge on any atom is -0.467 e. The van der Waals surface area contributed by atoms with Crippen LogP contribution in [0.2, 0.25) is 0 Å². The van der Waals surface area contributed by atoms with E-state index in [9.17, 15) is 4.79 Å². The summed E-state index contributed by atoms with van der Waals surface area (Å²) < 4.78 is 5.19. The van der Waals surface area contributed by atoms with Crippen molar-refractivity contribution >= 4 is 6.03 Å². The van der Waals surface area contributed by atoms with Gasteiger partial charge in [0.2, 0.25) is 0 Å². The normalized spacial score (nSPS) is 16.9. The molecule has 0 radical (unpaired) electrons. The predicted octanol–water partition coefficient (Wildman–Crippen LogP) is 1.76. The van der Waals surface area contributed by atoms with E-state index in [4.69, 9.17) is 4.42 Å². The number of nitrogens with one attached hydrogen (secondary N) is 1. The Morgan fingerprint density at radius 2 is 2.11 bits per heavy atom. The molecule has 0 aliphatic carbocycles. The molecule has 1 saturated heterocycles. The van der Waals surface area contributed by atoms with E-state index in [1.807, 2.05) is 17.0 Å². The molecule has 106 valence electrons. The molecular formula is C14H23N3O2. The molecule has 1 aromatic heterocycles. The molecule has 1 N–H and O–H groups in total. The minimum absolute atomic E-state index is 0.000553. The molecule has 5 nitrogen and oxygen atoms in total. The summed E-state index contributed by atoms with van der Waals surface area (Å²) in [6.45, 7) is 9.55. The van der Waals surface area contributed by atoms with Crippen LogP contribution < -0.4 is 5.32 Å². The zero-order valence-electron chi connectivity index (χ0n) is 11.8. The van der Waals surface area contributed by atoms with Crippen LogP contribution in [0.25, 0.3) is 0 Å². The molecule has 5 heteroatoms. The zero-order chi connectivity index (χ0) is 13.7. The smallest absolute Gasteiger partial charge is 0.317 e. The van der Waals surface area contributed by atoms with Crippen LogP contribution in [0.4, 0.5) is 4.79 Å². The number of carbonyl (C=O) groups is 1. The van der Waals surface area contributed by atoms with E-state index in [0.717, 1.165) is 38.5 Å². The zero-order valence-corrected chi connectivity index (χ0v) is 11.8. The number of amides is 2. The first kappa shape index (κ1) is 13.9. The maximum atomic E-state index is 12.0. The molecule has 19 heavy (non-hydrogen) atoms. The van der Waals surface area contributed by atoms with Crippen LogP contribution in [0.3, 0.4) is 0 Å². The quantitative estimate of drug-likeness (QED) is 0.902. The molecule has 1 aromatic rings. The number of nitrogens with zero attached hydrogens (tertiary/aromatic N) is 2. The van der Waals surface area contributed by atoms with E-state index in [0.29, 0.717) is 12.5 Å². The molecule has 2 amide bonds. The SMILES string of the molecule is CC(C)CN1CCN(C(=O)NCc2ccco2)CC1. The molecule has 1 fully saturated rings. The molecular weight excluding hydrogens is 242 g/mol. The summed E-state index contributed by atoms with van der Waals surface area (Å²) in [5.74, 6) is 1.46. The van der Waals surface area contributed by atoms with E-state index in [2.05, 4.69) is 24.1 Å². The highest BCUT2D eigenvalue weighted by Gasteiger charge is 2.21. The lowest BCUT2D eigenvalue weighted by Crippen LogP contribution is -2.52. The third-order valence-corrected chi connectivity index (χ3v) is 3.28. The summed E-state index contributed by atoms with van der Waals surface area (Å²) in [6, 6.07) is 3.69. The van der Waals surface area contributed by atoms with Crippen LogP contribution in [0.5, 0.6) is 0 Å². The summed E-state index contributed by atoms with van der Waals surface area (Å²) in [5, 5.41) is 2.89. The van der Waals surface area contributed by atoms with Crippen LogP contribution in [-0.2, 0) is 6.54 Å². The lowest BCUT2D eigenvalue weighted by atomic mass is 10.2. The second kappa shape index (κ2) is 6.61. The maximum Gasteiger partial charge on any atom is 0.317 e. The van der Waals surface area contributed by atoms with Crippen molar-refractivity contribution in [2.24, 2.45) is 5.92 Å². The second-order valence-electron chi connectivity index (χ2n) is 5.42. The highest BCUT2D eigenvalue weighted by Crippen LogP contribution is 2.06. The Bertz CT molecular complexity index is 381. The van der Waals surface area contributed by atoms with Crippen LogP contribution in [-0.4, -0.2) is 48.6 Å². The standard InChI is InChI=1S/C14H23N3O2/c1-12(2)11-16-5-7-17(8-6-16)14(18)15-10-13-4-3-9-19-13/h3-4,9,12H,5-8,10-11H2,1-2H3,(H,15,18). The summed E-state index contributed by atoms with van der Waals surface area (Å²) in [7, 11) is 0. The fraction of sp³-hybridized carbons (Fsp3) is 0.643. The molecule has 0 saturated carbocycles.